The smallest absolute Gasteiger partial charge is 0.323 e. The van der Waals surface area contributed by atoms with E-state index in [0.717, 1.165) is 25.7 Å². The van der Waals surface area contributed by atoms with Gasteiger partial charge >= 0.3 is 5.97 Å². The van der Waals surface area contributed by atoms with Crippen LogP contribution in [0.5, 0.6) is 0 Å². The SMILES string of the molecule is CC(NP(C)O)C(=O)OC1CCCCC1. The highest BCUT2D eigenvalue weighted by molar-refractivity contribution is 7.48. The second-order valence-corrected chi connectivity index (χ2v) is 5.38. The van der Waals surface area contributed by atoms with Crippen molar-refractivity contribution in [3.63, 3.8) is 0 Å². The quantitative estimate of drug-likeness (QED) is 0.574. The summed E-state index contributed by atoms with van der Waals surface area (Å²) in [5.41, 5.74) is 0. The van der Waals surface area contributed by atoms with Crippen molar-refractivity contribution in [2.45, 2.75) is 51.2 Å². The molecular formula is C10H20NO3P. The first-order valence-electron chi connectivity index (χ1n) is 5.49. The standard InChI is InChI=1S/C10H20NO3P/c1-8(11-15(2)13)10(12)14-9-6-4-3-5-7-9/h8-9,11,13H,3-7H2,1-2H3. The Kier molecular flexibility index (Phi) is 5.51. The van der Waals surface area contributed by atoms with Gasteiger partial charge in [-0.15, -0.1) is 0 Å². The van der Waals surface area contributed by atoms with Crippen molar-refractivity contribution in [1.29, 1.82) is 0 Å². The Balaban J connectivity index is 2.27. The molecule has 1 rings (SSSR count). The topological polar surface area (TPSA) is 58.6 Å². The number of rotatable bonds is 4. The largest absolute Gasteiger partial charge is 0.461 e. The number of carbonyl (C=O) groups excluding carboxylic acids is 1. The molecule has 2 unspecified atom stereocenters. The number of hydrogen-bond donors (Lipinski definition) is 2. The van der Waals surface area contributed by atoms with E-state index in [9.17, 15) is 4.79 Å². The lowest BCUT2D eigenvalue weighted by Crippen LogP contribution is -2.35. The van der Waals surface area contributed by atoms with Crippen LogP contribution in [0.4, 0.5) is 0 Å². The van der Waals surface area contributed by atoms with Crippen molar-refractivity contribution < 1.29 is 14.4 Å². The number of carbonyl (C=O) groups is 1. The third kappa shape index (κ3) is 4.92. The van der Waals surface area contributed by atoms with E-state index in [2.05, 4.69) is 5.09 Å². The number of nitrogens with one attached hydrogen (secondary N) is 1. The van der Waals surface area contributed by atoms with E-state index in [1.54, 1.807) is 13.6 Å². The molecule has 5 heteroatoms. The highest BCUT2D eigenvalue weighted by atomic mass is 31.2. The molecule has 1 aliphatic carbocycles. The van der Waals surface area contributed by atoms with Crippen molar-refractivity contribution in [2.75, 3.05) is 6.66 Å². The van der Waals surface area contributed by atoms with E-state index >= 15 is 0 Å². The van der Waals surface area contributed by atoms with Crippen LogP contribution in [0.15, 0.2) is 0 Å². The van der Waals surface area contributed by atoms with E-state index in [0.29, 0.717) is 0 Å². The van der Waals surface area contributed by atoms with Crippen molar-refractivity contribution in [3.8, 4) is 0 Å². The van der Waals surface area contributed by atoms with Crippen molar-refractivity contribution >= 4 is 14.3 Å². The van der Waals surface area contributed by atoms with Crippen LogP contribution in [0, 0.1) is 0 Å². The van der Waals surface area contributed by atoms with Gasteiger partial charge in [-0.05, 0) is 39.3 Å². The fraction of sp³-hybridized carbons (Fsp3) is 0.900. The molecule has 0 spiro atoms. The Morgan fingerprint density at radius 1 is 1.47 bits per heavy atom. The maximum Gasteiger partial charge on any atom is 0.323 e. The van der Waals surface area contributed by atoms with Gasteiger partial charge in [0, 0.05) is 0 Å². The molecule has 0 saturated heterocycles. The lowest BCUT2D eigenvalue weighted by Gasteiger charge is -2.24. The average molecular weight is 233 g/mol. The fourth-order valence-electron chi connectivity index (χ4n) is 1.78. The van der Waals surface area contributed by atoms with E-state index in [1.165, 1.54) is 6.42 Å². The summed E-state index contributed by atoms with van der Waals surface area (Å²) < 4.78 is 5.35. The van der Waals surface area contributed by atoms with Gasteiger partial charge in [0.25, 0.3) is 0 Å². The summed E-state index contributed by atoms with van der Waals surface area (Å²) in [6.45, 7) is 3.37. The molecule has 2 N–H and O–H groups in total. The molecule has 0 aliphatic heterocycles. The van der Waals surface area contributed by atoms with Gasteiger partial charge in [0.15, 0.2) is 0 Å². The molecule has 0 heterocycles. The molecule has 1 aliphatic rings. The third-order valence-corrected chi connectivity index (χ3v) is 3.33. The van der Waals surface area contributed by atoms with E-state index in [4.69, 9.17) is 9.63 Å². The molecule has 1 fully saturated rings. The van der Waals surface area contributed by atoms with Gasteiger partial charge in [-0.2, -0.15) is 0 Å². The molecule has 0 amide bonds. The second kappa shape index (κ2) is 6.41. The molecule has 0 aromatic carbocycles. The molecule has 1 saturated carbocycles. The summed E-state index contributed by atoms with van der Waals surface area (Å²) in [7, 11) is -1.25. The van der Waals surface area contributed by atoms with Crippen molar-refractivity contribution in [1.82, 2.24) is 5.09 Å². The van der Waals surface area contributed by atoms with Gasteiger partial charge in [-0.1, -0.05) is 6.42 Å². The zero-order valence-electron chi connectivity index (χ0n) is 9.40. The van der Waals surface area contributed by atoms with E-state index in [-0.39, 0.29) is 12.1 Å². The first-order valence-corrected chi connectivity index (χ1v) is 7.23. The Labute approximate surface area is 92.3 Å². The van der Waals surface area contributed by atoms with Gasteiger partial charge in [-0.3, -0.25) is 9.88 Å². The number of ether oxygens (including phenoxy) is 1. The molecule has 4 nitrogen and oxygen atoms in total. The molecule has 0 bridgehead atoms. The molecule has 2 atom stereocenters. The van der Waals surface area contributed by atoms with Gasteiger partial charge in [-0.25, -0.2) is 0 Å². The molecular weight excluding hydrogens is 213 g/mol. The predicted octanol–water partition coefficient (Wildman–Crippen LogP) is 1.77. The summed E-state index contributed by atoms with van der Waals surface area (Å²) in [5.74, 6) is -0.245. The van der Waals surface area contributed by atoms with Gasteiger partial charge < -0.3 is 9.63 Å². The Bertz CT molecular complexity index is 205. The lowest BCUT2D eigenvalue weighted by atomic mass is 9.98. The summed E-state index contributed by atoms with van der Waals surface area (Å²) >= 11 is 0. The summed E-state index contributed by atoms with van der Waals surface area (Å²) in [6.07, 6.45) is 5.62. The van der Waals surface area contributed by atoms with Gasteiger partial charge in [0.05, 0.1) is 8.30 Å². The number of esters is 1. The fourth-order valence-corrected chi connectivity index (χ4v) is 2.45. The van der Waals surface area contributed by atoms with Gasteiger partial charge in [0.2, 0.25) is 0 Å². The van der Waals surface area contributed by atoms with E-state index < -0.39 is 14.3 Å². The van der Waals surface area contributed by atoms with Crippen molar-refractivity contribution in [2.24, 2.45) is 0 Å². The molecule has 0 radical (unpaired) electrons. The Morgan fingerprint density at radius 2 is 2.07 bits per heavy atom. The first-order chi connectivity index (χ1) is 7.09. The molecule has 0 aromatic rings. The van der Waals surface area contributed by atoms with Crippen LogP contribution >= 0.6 is 8.30 Å². The summed E-state index contributed by atoms with van der Waals surface area (Å²) in [4.78, 5) is 20.7. The normalized spacial score (nSPS) is 22.1. The highest BCUT2D eigenvalue weighted by Crippen LogP contribution is 2.22. The van der Waals surface area contributed by atoms with Crippen LogP contribution in [-0.4, -0.2) is 29.7 Å². The number of hydrogen-bond acceptors (Lipinski definition) is 4. The maximum atomic E-state index is 11.6. The monoisotopic (exact) mass is 233 g/mol. The zero-order chi connectivity index (χ0) is 11.3. The van der Waals surface area contributed by atoms with Crippen molar-refractivity contribution in [3.05, 3.63) is 0 Å². The van der Waals surface area contributed by atoms with Crippen LogP contribution in [0.25, 0.3) is 0 Å². The zero-order valence-corrected chi connectivity index (χ0v) is 10.3. The molecule has 88 valence electrons. The van der Waals surface area contributed by atoms with Gasteiger partial charge in [0.1, 0.15) is 12.1 Å². The minimum absolute atomic E-state index is 0.0947. The minimum atomic E-state index is -1.25. The minimum Gasteiger partial charge on any atom is -0.461 e. The second-order valence-electron chi connectivity index (χ2n) is 4.07. The Hall–Kier alpha value is -0.180. The van der Waals surface area contributed by atoms with Crippen LogP contribution in [0.2, 0.25) is 0 Å². The molecule has 15 heavy (non-hydrogen) atoms. The van der Waals surface area contributed by atoms with Crippen LogP contribution in [0.1, 0.15) is 39.0 Å². The predicted molar refractivity (Wildman–Crippen MR) is 60.6 cm³/mol. The maximum absolute atomic E-state index is 11.6. The first kappa shape index (κ1) is 12.9. The summed E-state index contributed by atoms with van der Waals surface area (Å²) in [5, 5.41) is 2.78. The lowest BCUT2D eigenvalue weighted by molar-refractivity contribution is -0.152. The highest BCUT2D eigenvalue weighted by Gasteiger charge is 2.22. The Morgan fingerprint density at radius 3 is 2.60 bits per heavy atom. The van der Waals surface area contributed by atoms with E-state index in [1.807, 2.05) is 0 Å². The van der Waals surface area contributed by atoms with Crippen LogP contribution in [-0.2, 0) is 9.53 Å². The average Bonchev–Trinajstić information content (AvgIpc) is 2.18. The molecule has 0 aromatic heterocycles. The third-order valence-electron chi connectivity index (χ3n) is 2.57. The van der Waals surface area contributed by atoms with Crippen LogP contribution < -0.4 is 5.09 Å². The summed E-state index contributed by atoms with van der Waals surface area (Å²) in [6, 6.07) is -0.409. The van der Waals surface area contributed by atoms with Crippen LogP contribution in [0.3, 0.4) is 0 Å².